The third-order valence-corrected chi connectivity index (χ3v) is 3.12. The number of hydrogen-bond acceptors (Lipinski definition) is 2. The summed E-state index contributed by atoms with van der Waals surface area (Å²) in [7, 11) is 0. The van der Waals surface area contributed by atoms with Gasteiger partial charge in [-0.2, -0.15) is 0 Å². The monoisotopic (exact) mass is 331 g/mol. The van der Waals surface area contributed by atoms with E-state index in [2.05, 4.69) is 21.2 Å². The highest BCUT2D eigenvalue weighted by Crippen LogP contribution is 2.18. The van der Waals surface area contributed by atoms with Crippen LogP contribution in [-0.4, -0.2) is 23.0 Å². The first-order valence-electron chi connectivity index (χ1n) is 5.80. The topological polar surface area (TPSA) is 66.4 Å². The van der Waals surface area contributed by atoms with Crippen molar-refractivity contribution in [3.63, 3.8) is 0 Å². The molecule has 19 heavy (non-hydrogen) atoms. The zero-order valence-electron chi connectivity index (χ0n) is 10.6. The molecule has 1 atom stereocenters. The van der Waals surface area contributed by atoms with Gasteiger partial charge in [0, 0.05) is 0 Å². The number of amides is 1. The maximum absolute atomic E-state index is 13.7. The zero-order chi connectivity index (χ0) is 14.6. The van der Waals surface area contributed by atoms with Crippen LogP contribution in [0.15, 0.2) is 22.7 Å². The Hall–Kier alpha value is -1.43. The second-order valence-corrected chi connectivity index (χ2v) is 5.45. The highest BCUT2D eigenvalue weighted by molar-refractivity contribution is 9.10. The summed E-state index contributed by atoms with van der Waals surface area (Å²) in [5.74, 6) is -2.45. The molecule has 0 aliphatic heterocycles. The van der Waals surface area contributed by atoms with E-state index in [0.29, 0.717) is 0 Å². The molecule has 1 aromatic rings. The van der Waals surface area contributed by atoms with Crippen molar-refractivity contribution in [3.8, 4) is 0 Å². The number of hydrogen-bond donors (Lipinski definition) is 2. The van der Waals surface area contributed by atoms with Crippen LogP contribution in [0.4, 0.5) is 4.39 Å². The maximum Gasteiger partial charge on any atom is 0.326 e. The Bertz CT molecular complexity index is 491. The highest BCUT2D eigenvalue weighted by atomic mass is 79.9. The Morgan fingerprint density at radius 2 is 2.05 bits per heavy atom. The highest BCUT2D eigenvalue weighted by Gasteiger charge is 2.23. The number of nitrogens with one attached hydrogen (secondary N) is 1. The van der Waals surface area contributed by atoms with Gasteiger partial charge >= 0.3 is 5.97 Å². The van der Waals surface area contributed by atoms with E-state index in [9.17, 15) is 14.0 Å². The van der Waals surface area contributed by atoms with Gasteiger partial charge in [0.15, 0.2) is 0 Å². The lowest BCUT2D eigenvalue weighted by atomic mass is 10.0. The van der Waals surface area contributed by atoms with Crippen molar-refractivity contribution in [2.45, 2.75) is 26.3 Å². The quantitative estimate of drug-likeness (QED) is 0.871. The summed E-state index contributed by atoms with van der Waals surface area (Å²) in [5, 5.41) is 11.4. The second kappa shape index (κ2) is 6.65. The van der Waals surface area contributed by atoms with Crippen LogP contribution in [0.2, 0.25) is 0 Å². The summed E-state index contributed by atoms with van der Waals surface area (Å²) >= 11 is 2.98. The summed E-state index contributed by atoms with van der Waals surface area (Å²) in [5.41, 5.74) is -0.176. The number of carbonyl (C=O) groups excluding carboxylic acids is 1. The largest absolute Gasteiger partial charge is 0.480 e. The Kier molecular flexibility index (Phi) is 5.47. The van der Waals surface area contributed by atoms with E-state index in [1.165, 1.54) is 18.2 Å². The fraction of sp³-hybridized carbons (Fsp3) is 0.385. The van der Waals surface area contributed by atoms with E-state index in [1.54, 1.807) is 0 Å². The fourth-order valence-electron chi connectivity index (χ4n) is 1.61. The van der Waals surface area contributed by atoms with Gasteiger partial charge in [-0.3, -0.25) is 4.79 Å². The van der Waals surface area contributed by atoms with E-state index in [0.717, 1.165) is 0 Å². The van der Waals surface area contributed by atoms with Gasteiger partial charge in [-0.25, -0.2) is 9.18 Å². The van der Waals surface area contributed by atoms with Gasteiger partial charge in [0.25, 0.3) is 5.91 Å². The Labute approximate surface area is 119 Å². The number of carboxylic acid groups (broad SMARTS) is 1. The van der Waals surface area contributed by atoms with E-state index < -0.39 is 23.7 Å². The minimum Gasteiger partial charge on any atom is -0.480 e. The van der Waals surface area contributed by atoms with Crippen molar-refractivity contribution in [2.24, 2.45) is 5.92 Å². The van der Waals surface area contributed by atoms with Gasteiger partial charge in [-0.1, -0.05) is 19.9 Å². The Morgan fingerprint density at radius 1 is 1.42 bits per heavy atom. The SMILES string of the molecule is CC(C)CC(NC(=O)c1cccc(Br)c1F)C(=O)O. The van der Waals surface area contributed by atoms with Crippen LogP contribution in [0, 0.1) is 11.7 Å². The molecule has 2 N–H and O–H groups in total. The number of carboxylic acids is 1. The first kappa shape index (κ1) is 15.6. The molecule has 0 saturated heterocycles. The predicted molar refractivity (Wildman–Crippen MR) is 72.4 cm³/mol. The van der Waals surface area contributed by atoms with E-state index in [-0.39, 0.29) is 22.4 Å². The van der Waals surface area contributed by atoms with Crippen molar-refractivity contribution < 1.29 is 19.1 Å². The predicted octanol–water partition coefficient (Wildman–Crippen LogP) is 2.82. The molecule has 0 saturated carbocycles. The average Bonchev–Trinajstić information content (AvgIpc) is 2.31. The minimum atomic E-state index is -1.13. The van der Waals surface area contributed by atoms with E-state index >= 15 is 0 Å². The molecule has 1 unspecified atom stereocenters. The van der Waals surface area contributed by atoms with Crippen LogP contribution in [0.5, 0.6) is 0 Å². The molecule has 0 bridgehead atoms. The summed E-state index contributed by atoms with van der Waals surface area (Å²) in [4.78, 5) is 22.9. The van der Waals surface area contributed by atoms with Crippen molar-refractivity contribution in [2.75, 3.05) is 0 Å². The van der Waals surface area contributed by atoms with Gasteiger partial charge in [0.2, 0.25) is 0 Å². The molecule has 0 heterocycles. The first-order chi connectivity index (χ1) is 8.82. The molecule has 0 aromatic heterocycles. The normalized spacial score (nSPS) is 12.3. The summed E-state index contributed by atoms with van der Waals surface area (Å²) in [6.07, 6.45) is 0.288. The Morgan fingerprint density at radius 3 is 2.58 bits per heavy atom. The number of rotatable bonds is 5. The van der Waals surface area contributed by atoms with Crippen LogP contribution in [0.3, 0.4) is 0 Å². The van der Waals surface area contributed by atoms with Gasteiger partial charge in [-0.15, -0.1) is 0 Å². The smallest absolute Gasteiger partial charge is 0.326 e. The van der Waals surface area contributed by atoms with Gasteiger partial charge in [-0.05, 0) is 40.4 Å². The number of halogens is 2. The van der Waals surface area contributed by atoms with Gasteiger partial charge < -0.3 is 10.4 Å². The lowest BCUT2D eigenvalue weighted by Crippen LogP contribution is -2.41. The number of carbonyl (C=O) groups is 2. The lowest BCUT2D eigenvalue weighted by Gasteiger charge is -2.16. The molecule has 6 heteroatoms. The van der Waals surface area contributed by atoms with Crippen LogP contribution in [0.25, 0.3) is 0 Å². The molecule has 1 aromatic carbocycles. The van der Waals surface area contributed by atoms with Crippen LogP contribution < -0.4 is 5.32 Å². The molecule has 1 amide bonds. The molecule has 0 radical (unpaired) electrons. The van der Waals surface area contributed by atoms with E-state index in [4.69, 9.17) is 5.11 Å². The van der Waals surface area contributed by atoms with Crippen LogP contribution in [-0.2, 0) is 4.79 Å². The number of benzene rings is 1. The summed E-state index contributed by atoms with van der Waals surface area (Å²) in [6.45, 7) is 3.70. The second-order valence-electron chi connectivity index (χ2n) is 4.60. The van der Waals surface area contributed by atoms with Crippen LogP contribution >= 0.6 is 15.9 Å². The molecule has 4 nitrogen and oxygen atoms in total. The first-order valence-corrected chi connectivity index (χ1v) is 6.60. The van der Waals surface area contributed by atoms with Crippen molar-refractivity contribution in [1.82, 2.24) is 5.32 Å². The van der Waals surface area contributed by atoms with Gasteiger partial charge in [0.05, 0.1) is 10.0 Å². The molecule has 0 aliphatic rings. The molecule has 104 valence electrons. The molecule has 0 spiro atoms. The minimum absolute atomic E-state index is 0.105. The summed E-state index contributed by atoms with van der Waals surface area (Å²) in [6, 6.07) is 3.27. The van der Waals surface area contributed by atoms with Crippen molar-refractivity contribution in [3.05, 3.63) is 34.1 Å². The third-order valence-electron chi connectivity index (χ3n) is 2.51. The molecule has 0 fully saturated rings. The zero-order valence-corrected chi connectivity index (χ0v) is 12.2. The third kappa shape index (κ3) is 4.31. The summed E-state index contributed by atoms with van der Waals surface area (Å²) < 4.78 is 13.9. The maximum atomic E-state index is 13.7. The molecular formula is C13H15BrFNO3. The standard InChI is InChI=1S/C13H15BrFNO3/c1-7(2)6-10(13(18)19)16-12(17)8-4-3-5-9(14)11(8)15/h3-5,7,10H,6H2,1-2H3,(H,16,17)(H,18,19). The fourth-order valence-corrected chi connectivity index (χ4v) is 1.97. The van der Waals surface area contributed by atoms with Crippen molar-refractivity contribution in [1.29, 1.82) is 0 Å². The molecular weight excluding hydrogens is 317 g/mol. The molecule has 1 rings (SSSR count). The Balaban J connectivity index is 2.88. The van der Waals surface area contributed by atoms with Gasteiger partial charge in [0.1, 0.15) is 11.9 Å². The van der Waals surface area contributed by atoms with Crippen molar-refractivity contribution >= 4 is 27.8 Å². The average molecular weight is 332 g/mol. The molecule has 0 aliphatic carbocycles. The van der Waals surface area contributed by atoms with Crippen LogP contribution in [0.1, 0.15) is 30.6 Å². The van der Waals surface area contributed by atoms with E-state index in [1.807, 2.05) is 13.8 Å². The number of aliphatic carboxylic acids is 1. The lowest BCUT2D eigenvalue weighted by molar-refractivity contribution is -0.139.